The molecule has 0 amide bonds. The van der Waals surface area contributed by atoms with Crippen molar-refractivity contribution in [2.45, 2.75) is 32.7 Å². The van der Waals surface area contributed by atoms with Crippen molar-refractivity contribution in [3.63, 3.8) is 0 Å². The number of rotatable bonds is 7. The van der Waals surface area contributed by atoms with Crippen molar-refractivity contribution in [3.05, 3.63) is 45.7 Å². The molecule has 0 saturated carbocycles. The van der Waals surface area contributed by atoms with E-state index in [1.165, 1.54) is 0 Å². The van der Waals surface area contributed by atoms with Gasteiger partial charge in [0.05, 0.1) is 23.6 Å². The molecule has 0 spiro atoms. The Hall–Kier alpha value is -2.32. The number of nitrogens with zero attached hydrogens (tertiary/aromatic N) is 4. The second-order valence-electron chi connectivity index (χ2n) is 7.75. The second-order valence-corrected chi connectivity index (χ2v) is 8.67. The summed E-state index contributed by atoms with van der Waals surface area (Å²) in [6.07, 6.45) is 2.39. The molecule has 1 N–H and O–H groups in total. The first-order valence-corrected chi connectivity index (χ1v) is 10.5. The van der Waals surface area contributed by atoms with Gasteiger partial charge in [-0.25, -0.2) is 4.98 Å². The Bertz CT molecular complexity index is 1060. The van der Waals surface area contributed by atoms with Crippen LogP contribution >= 0.6 is 15.9 Å². The van der Waals surface area contributed by atoms with Gasteiger partial charge in [0.15, 0.2) is 11.4 Å². The fourth-order valence-electron chi connectivity index (χ4n) is 3.76. The normalized spacial score (nSPS) is 16.0. The van der Waals surface area contributed by atoms with Crippen LogP contribution < -0.4 is 5.32 Å². The second kappa shape index (κ2) is 8.20. The highest BCUT2D eigenvalue weighted by Crippen LogP contribution is 2.39. The Kier molecular flexibility index (Phi) is 5.65. The van der Waals surface area contributed by atoms with Gasteiger partial charge in [0, 0.05) is 37.3 Å². The molecule has 7 nitrogen and oxygen atoms in total. The van der Waals surface area contributed by atoms with Crippen LogP contribution in [-0.4, -0.2) is 45.8 Å². The fraction of sp³-hybridized carbons (Fsp3) is 0.429. The van der Waals surface area contributed by atoms with Gasteiger partial charge in [-0.15, -0.1) is 0 Å². The minimum Gasteiger partial charge on any atom is -0.383 e. The van der Waals surface area contributed by atoms with Crippen LogP contribution in [0.15, 0.2) is 28.9 Å². The van der Waals surface area contributed by atoms with Crippen LogP contribution in [0.4, 0.5) is 5.95 Å². The molecule has 8 heteroatoms. The van der Waals surface area contributed by atoms with Crippen LogP contribution in [-0.2, 0) is 22.5 Å². The van der Waals surface area contributed by atoms with Gasteiger partial charge in [-0.3, -0.25) is 9.48 Å². The first-order chi connectivity index (χ1) is 14.0. The van der Waals surface area contributed by atoms with E-state index < -0.39 is 5.92 Å². The smallest absolute Gasteiger partial charge is 0.225 e. The lowest BCUT2D eigenvalue weighted by atomic mass is 9.95. The third-order valence-electron chi connectivity index (χ3n) is 4.98. The number of anilines is 1. The maximum absolute atomic E-state index is 13.0. The Morgan fingerprint density at radius 2 is 2.17 bits per heavy atom. The number of hydrogen-bond acceptors (Lipinski definition) is 6. The fourth-order valence-corrected chi connectivity index (χ4v) is 4.14. The van der Waals surface area contributed by atoms with E-state index in [9.17, 15) is 4.79 Å². The molecule has 2 aromatic heterocycles. The minimum atomic E-state index is -0.410. The first kappa shape index (κ1) is 20.0. The van der Waals surface area contributed by atoms with E-state index in [1.807, 2.05) is 29.1 Å². The van der Waals surface area contributed by atoms with Gasteiger partial charge in [-0.1, -0.05) is 35.8 Å². The van der Waals surface area contributed by atoms with Crippen LogP contribution in [0.5, 0.6) is 0 Å². The summed E-state index contributed by atoms with van der Waals surface area (Å²) in [7, 11) is 1.65. The van der Waals surface area contributed by atoms with Crippen molar-refractivity contribution in [1.82, 2.24) is 19.7 Å². The van der Waals surface area contributed by atoms with Crippen LogP contribution in [0.2, 0.25) is 0 Å². The number of aromatic nitrogens is 4. The maximum Gasteiger partial charge on any atom is 0.225 e. The predicted octanol–water partition coefficient (Wildman–Crippen LogP) is 3.56. The van der Waals surface area contributed by atoms with E-state index in [0.717, 1.165) is 27.5 Å². The van der Waals surface area contributed by atoms with Gasteiger partial charge < -0.3 is 10.1 Å². The van der Waals surface area contributed by atoms with Gasteiger partial charge in [0.1, 0.15) is 0 Å². The molecule has 29 heavy (non-hydrogen) atoms. The van der Waals surface area contributed by atoms with Crippen molar-refractivity contribution in [3.8, 4) is 0 Å². The lowest BCUT2D eigenvalue weighted by molar-refractivity contribution is -0.118. The van der Waals surface area contributed by atoms with E-state index in [-0.39, 0.29) is 5.78 Å². The van der Waals surface area contributed by atoms with Gasteiger partial charge in [-0.05, 0) is 29.2 Å². The molecule has 1 unspecified atom stereocenters. The Labute approximate surface area is 178 Å². The lowest BCUT2D eigenvalue weighted by Crippen LogP contribution is -2.15. The molecule has 152 valence electrons. The predicted molar refractivity (Wildman–Crippen MR) is 115 cm³/mol. The zero-order valence-electron chi connectivity index (χ0n) is 16.8. The molecule has 2 heterocycles. The van der Waals surface area contributed by atoms with Crippen molar-refractivity contribution in [2.24, 2.45) is 5.92 Å². The summed E-state index contributed by atoms with van der Waals surface area (Å²) in [5.74, 6) is 0.658. The number of ketones is 1. The van der Waals surface area contributed by atoms with Crippen LogP contribution in [0, 0.1) is 5.92 Å². The third-order valence-corrected chi connectivity index (χ3v) is 5.47. The molecule has 0 saturated heterocycles. The van der Waals surface area contributed by atoms with Crippen molar-refractivity contribution in [1.29, 1.82) is 0 Å². The lowest BCUT2D eigenvalue weighted by Gasteiger charge is -2.13. The SMILES string of the molecule is COCCNc1nc(C2C(=O)Cc3ccc(Br)cc32)c2cn(CC(C)C)nc2n1. The molecule has 0 fully saturated rings. The van der Waals surface area contributed by atoms with E-state index in [1.54, 1.807) is 7.11 Å². The standard InChI is InChI=1S/C21H24BrN5O2/c1-12(2)10-27-11-16-19(24-21(23-6-7-29-3)25-20(16)26-27)18-15-9-14(22)5-4-13(15)8-17(18)28/h4-5,9,11-12,18H,6-8,10H2,1-3H3,(H,23,25,26). The number of hydrogen-bond donors (Lipinski definition) is 1. The highest BCUT2D eigenvalue weighted by Gasteiger charge is 2.35. The van der Waals surface area contributed by atoms with Gasteiger partial charge in [0.25, 0.3) is 0 Å². The van der Waals surface area contributed by atoms with Crippen LogP contribution in [0.3, 0.4) is 0 Å². The number of methoxy groups -OCH3 is 1. The van der Waals surface area contributed by atoms with Crippen molar-refractivity contribution < 1.29 is 9.53 Å². The molecule has 4 rings (SSSR count). The number of Topliss-reactive ketones (excluding diaryl/α,β-unsaturated/α-hetero) is 1. The maximum atomic E-state index is 13.0. The van der Waals surface area contributed by atoms with Crippen LogP contribution in [0.1, 0.15) is 36.6 Å². The minimum absolute atomic E-state index is 0.151. The average molecular weight is 458 g/mol. The molecule has 1 aliphatic carbocycles. The number of ether oxygens (including phenoxy) is 1. The number of nitrogens with one attached hydrogen (secondary N) is 1. The Morgan fingerprint density at radius 3 is 2.93 bits per heavy atom. The molecule has 3 aromatic rings. The van der Waals surface area contributed by atoms with Crippen molar-refractivity contribution in [2.75, 3.05) is 25.6 Å². The molecule has 1 aromatic carbocycles. The van der Waals surface area contributed by atoms with E-state index in [2.05, 4.69) is 45.2 Å². The largest absolute Gasteiger partial charge is 0.383 e. The average Bonchev–Trinajstić information content (AvgIpc) is 3.20. The highest BCUT2D eigenvalue weighted by molar-refractivity contribution is 9.10. The molecule has 1 aliphatic rings. The van der Waals surface area contributed by atoms with E-state index in [4.69, 9.17) is 9.72 Å². The summed E-state index contributed by atoms with van der Waals surface area (Å²) in [5.41, 5.74) is 3.38. The Balaban J connectivity index is 1.84. The third kappa shape index (κ3) is 4.04. The molecule has 0 aliphatic heterocycles. The van der Waals surface area contributed by atoms with E-state index >= 15 is 0 Å². The van der Waals surface area contributed by atoms with Crippen molar-refractivity contribution >= 4 is 38.7 Å². The number of fused-ring (bicyclic) bond motifs is 2. The quantitative estimate of drug-likeness (QED) is 0.546. The first-order valence-electron chi connectivity index (χ1n) is 9.75. The summed E-state index contributed by atoms with van der Waals surface area (Å²) in [6.45, 7) is 6.18. The van der Waals surface area contributed by atoms with E-state index in [0.29, 0.717) is 42.8 Å². The monoisotopic (exact) mass is 457 g/mol. The number of carbonyl (C=O) groups excluding carboxylic acids is 1. The molecule has 0 bridgehead atoms. The van der Waals surface area contributed by atoms with Gasteiger partial charge in [0.2, 0.25) is 5.95 Å². The Morgan fingerprint density at radius 1 is 1.34 bits per heavy atom. The number of benzene rings is 1. The molecule has 1 atom stereocenters. The topological polar surface area (TPSA) is 81.9 Å². The summed E-state index contributed by atoms with van der Waals surface area (Å²) in [6, 6.07) is 6.01. The number of halogens is 1. The summed E-state index contributed by atoms with van der Waals surface area (Å²) in [4.78, 5) is 22.3. The summed E-state index contributed by atoms with van der Waals surface area (Å²) < 4.78 is 7.96. The van der Waals surface area contributed by atoms with Gasteiger partial charge >= 0.3 is 0 Å². The molecule has 0 radical (unpaired) electrons. The van der Waals surface area contributed by atoms with Crippen LogP contribution in [0.25, 0.3) is 11.0 Å². The summed E-state index contributed by atoms with van der Waals surface area (Å²) in [5, 5.41) is 8.66. The zero-order chi connectivity index (χ0) is 20.5. The molecular weight excluding hydrogens is 434 g/mol. The van der Waals surface area contributed by atoms with Gasteiger partial charge in [-0.2, -0.15) is 10.1 Å². The number of carbonyl (C=O) groups is 1. The summed E-state index contributed by atoms with van der Waals surface area (Å²) >= 11 is 3.54. The zero-order valence-corrected chi connectivity index (χ0v) is 18.4. The highest BCUT2D eigenvalue weighted by atomic mass is 79.9. The molecular formula is C21H24BrN5O2.